The Morgan fingerprint density at radius 2 is 2.05 bits per heavy atom. The Balaban J connectivity index is 1.96. The number of hydrogen-bond donors (Lipinski definition) is 0. The van der Waals surface area contributed by atoms with Gasteiger partial charge in [-0.15, -0.1) is 5.10 Å². The second-order valence-electron chi connectivity index (χ2n) is 5.34. The van der Waals surface area contributed by atoms with Crippen molar-refractivity contribution in [2.24, 2.45) is 0 Å². The third kappa shape index (κ3) is 3.99. The van der Waals surface area contributed by atoms with E-state index in [9.17, 15) is 4.79 Å². The van der Waals surface area contributed by atoms with Crippen molar-refractivity contribution < 1.29 is 4.79 Å². The number of tetrazole rings is 1. The highest BCUT2D eigenvalue weighted by atomic mass is 16.2. The summed E-state index contributed by atoms with van der Waals surface area (Å²) < 4.78 is 1.49. The predicted octanol–water partition coefficient (Wildman–Crippen LogP) is 0.00590. The van der Waals surface area contributed by atoms with Gasteiger partial charge in [-0.05, 0) is 37.4 Å². The summed E-state index contributed by atoms with van der Waals surface area (Å²) in [5, 5.41) is 10.9. The van der Waals surface area contributed by atoms with Gasteiger partial charge in [0.05, 0.1) is 0 Å². The Labute approximate surface area is 113 Å². The lowest BCUT2D eigenvalue weighted by Crippen LogP contribution is -2.44. The summed E-state index contributed by atoms with van der Waals surface area (Å²) in [6, 6.07) is 0.393. The lowest BCUT2D eigenvalue weighted by molar-refractivity contribution is -0.134. The first-order valence-corrected chi connectivity index (χ1v) is 6.82. The number of carbonyl (C=O) groups is 1. The molecule has 1 aromatic heterocycles. The Hall–Kier alpha value is -1.50. The average molecular weight is 266 g/mol. The number of hydrogen-bond acceptors (Lipinski definition) is 5. The molecule has 0 N–H and O–H groups in total. The van der Waals surface area contributed by atoms with E-state index in [1.807, 2.05) is 19.0 Å². The zero-order valence-corrected chi connectivity index (χ0v) is 11.7. The maximum atomic E-state index is 12.4. The molecular weight excluding hydrogens is 244 g/mol. The maximum absolute atomic E-state index is 12.4. The van der Waals surface area contributed by atoms with Crippen molar-refractivity contribution in [2.45, 2.75) is 38.3 Å². The third-order valence-electron chi connectivity index (χ3n) is 3.56. The van der Waals surface area contributed by atoms with E-state index in [2.05, 4.69) is 20.4 Å². The van der Waals surface area contributed by atoms with E-state index in [1.54, 1.807) is 0 Å². The van der Waals surface area contributed by atoms with Crippen LogP contribution in [-0.2, 0) is 11.3 Å². The SMILES string of the molecule is CN(C)CCN(C(=O)Cn1cnnn1)C1CCCC1. The molecule has 7 nitrogen and oxygen atoms in total. The van der Waals surface area contributed by atoms with E-state index in [4.69, 9.17) is 0 Å². The molecule has 0 atom stereocenters. The van der Waals surface area contributed by atoms with Crippen molar-refractivity contribution >= 4 is 5.91 Å². The van der Waals surface area contributed by atoms with Crippen LogP contribution in [0.5, 0.6) is 0 Å². The fourth-order valence-corrected chi connectivity index (χ4v) is 2.52. The molecule has 0 bridgehead atoms. The molecule has 0 radical (unpaired) electrons. The van der Waals surface area contributed by atoms with E-state index in [0.29, 0.717) is 6.04 Å². The molecule has 0 aliphatic heterocycles. The zero-order valence-electron chi connectivity index (χ0n) is 11.7. The van der Waals surface area contributed by atoms with Crippen LogP contribution in [0.15, 0.2) is 6.33 Å². The van der Waals surface area contributed by atoms with Crippen LogP contribution >= 0.6 is 0 Å². The molecule has 1 aliphatic carbocycles. The van der Waals surface area contributed by atoms with Crippen molar-refractivity contribution in [3.8, 4) is 0 Å². The smallest absolute Gasteiger partial charge is 0.244 e. The van der Waals surface area contributed by atoms with Gasteiger partial charge in [-0.25, -0.2) is 4.68 Å². The predicted molar refractivity (Wildman–Crippen MR) is 70.3 cm³/mol. The van der Waals surface area contributed by atoms with Gasteiger partial charge in [0.1, 0.15) is 12.9 Å². The Bertz CT molecular complexity index is 385. The molecule has 19 heavy (non-hydrogen) atoms. The van der Waals surface area contributed by atoms with Crippen LogP contribution < -0.4 is 0 Å². The average Bonchev–Trinajstić information content (AvgIpc) is 3.01. The minimum absolute atomic E-state index is 0.112. The second kappa shape index (κ2) is 6.60. The number of nitrogens with zero attached hydrogens (tertiary/aromatic N) is 6. The first-order valence-electron chi connectivity index (χ1n) is 6.82. The van der Waals surface area contributed by atoms with Gasteiger partial charge in [-0.2, -0.15) is 0 Å². The van der Waals surface area contributed by atoms with Gasteiger partial charge in [0.2, 0.25) is 5.91 Å². The Morgan fingerprint density at radius 1 is 1.32 bits per heavy atom. The Morgan fingerprint density at radius 3 is 2.63 bits per heavy atom. The topological polar surface area (TPSA) is 67.2 Å². The summed E-state index contributed by atoms with van der Waals surface area (Å²) in [7, 11) is 4.05. The number of aromatic nitrogens is 4. The zero-order chi connectivity index (χ0) is 13.7. The second-order valence-corrected chi connectivity index (χ2v) is 5.34. The van der Waals surface area contributed by atoms with Gasteiger partial charge < -0.3 is 9.80 Å². The molecular formula is C12H22N6O. The fraction of sp³-hybridized carbons (Fsp3) is 0.833. The molecule has 1 amide bonds. The van der Waals surface area contributed by atoms with E-state index < -0.39 is 0 Å². The molecule has 1 aromatic rings. The van der Waals surface area contributed by atoms with E-state index in [0.717, 1.165) is 25.9 Å². The molecule has 106 valence electrons. The summed E-state index contributed by atoms with van der Waals surface area (Å²) >= 11 is 0. The van der Waals surface area contributed by atoms with Crippen LogP contribution in [-0.4, -0.2) is 69.1 Å². The summed E-state index contributed by atoms with van der Waals surface area (Å²) in [4.78, 5) is 16.5. The van der Waals surface area contributed by atoms with Crippen LogP contribution in [0, 0.1) is 0 Å². The van der Waals surface area contributed by atoms with Gasteiger partial charge in [0.25, 0.3) is 0 Å². The van der Waals surface area contributed by atoms with Crippen molar-refractivity contribution in [2.75, 3.05) is 27.2 Å². The van der Waals surface area contributed by atoms with Gasteiger partial charge >= 0.3 is 0 Å². The van der Waals surface area contributed by atoms with Gasteiger partial charge in [0.15, 0.2) is 0 Å². The number of likely N-dealkylation sites (N-methyl/N-ethyl adjacent to an activating group) is 1. The van der Waals surface area contributed by atoms with Crippen LogP contribution in [0.1, 0.15) is 25.7 Å². The van der Waals surface area contributed by atoms with Gasteiger partial charge in [0, 0.05) is 19.1 Å². The quantitative estimate of drug-likeness (QED) is 0.725. The minimum Gasteiger partial charge on any atom is -0.337 e. The highest BCUT2D eigenvalue weighted by molar-refractivity contribution is 5.76. The van der Waals surface area contributed by atoms with Crippen molar-refractivity contribution in [3.05, 3.63) is 6.33 Å². The number of amides is 1. The first kappa shape index (κ1) is 13.9. The minimum atomic E-state index is 0.112. The van der Waals surface area contributed by atoms with Gasteiger partial charge in [-0.1, -0.05) is 12.8 Å². The van der Waals surface area contributed by atoms with E-state index in [1.165, 1.54) is 23.9 Å². The molecule has 0 spiro atoms. The molecule has 1 fully saturated rings. The molecule has 1 heterocycles. The molecule has 7 heteroatoms. The van der Waals surface area contributed by atoms with E-state index in [-0.39, 0.29) is 12.5 Å². The van der Waals surface area contributed by atoms with Gasteiger partial charge in [-0.3, -0.25) is 4.79 Å². The Kier molecular flexibility index (Phi) is 4.84. The van der Waals surface area contributed by atoms with Crippen LogP contribution in [0.2, 0.25) is 0 Å². The molecule has 2 rings (SSSR count). The molecule has 1 saturated carbocycles. The summed E-state index contributed by atoms with van der Waals surface area (Å²) in [6.07, 6.45) is 6.17. The number of carbonyl (C=O) groups excluding carboxylic acids is 1. The van der Waals surface area contributed by atoms with Crippen molar-refractivity contribution in [1.82, 2.24) is 30.0 Å². The van der Waals surface area contributed by atoms with Crippen LogP contribution in [0.4, 0.5) is 0 Å². The van der Waals surface area contributed by atoms with Crippen molar-refractivity contribution in [3.63, 3.8) is 0 Å². The maximum Gasteiger partial charge on any atom is 0.244 e. The third-order valence-corrected chi connectivity index (χ3v) is 3.56. The standard InChI is InChI=1S/C12H22N6O/c1-16(2)7-8-18(11-5-3-4-6-11)12(19)9-17-10-13-14-15-17/h10-11H,3-9H2,1-2H3. The largest absolute Gasteiger partial charge is 0.337 e. The first-order chi connectivity index (χ1) is 9.16. The number of rotatable bonds is 6. The summed E-state index contributed by atoms with van der Waals surface area (Å²) in [6.45, 7) is 1.90. The van der Waals surface area contributed by atoms with Crippen LogP contribution in [0.25, 0.3) is 0 Å². The lowest BCUT2D eigenvalue weighted by atomic mass is 10.2. The molecule has 0 aromatic carbocycles. The van der Waals surface area contributed by atoms with Crippen LogP contribution in [0.3, 0.4) is 0 Å². The molecule has 0 saturated heterocycles. The monoisotopic (exact) mass is 266 g/mol. The molecule has 1 aliphatic rings. The molecule has 0 unspecified atom stereocenters. The summed E-state index contributed by atoms with van der Waals surface area (Å²) in [5.74, 6) is 0.112. The lowest BCUT2D eigenvalue weighted by Gasteiger charge is -2.30. The summed E-state index contributed by atoms with van der Waals surface area (Å²) in [5.41, 5.74) is 0. The van der Waals surface area contributed by atoms with E-state index >= 15 is 0 Å². The fourth-order valence-electron chi connectivity index (χ4n) is 2.52. The normalized spacial score (nSPS) is 16.2. The highest BCUT2D eigenvalue weighted by Crippen LogP contribution is 2.23. The van der Waals surface area contributed by atoms with Crippen molar-refractivity contribution in [1.29, 1.82) is 0 Å². The highest BCUT2D eigenvalue weighted by Gasteiger charge is 2.26.